The molecular weight excluding hydrogens is 461 g/mol. The Morgan fingerprint density at radius 3 is 2.42 bits per heavy atom. The number of carbonyl (C=O) groups excluding carboxylic acids is 3. The Labute approximate surface area is 190 Å². The lowest BCUT2D eigenvalue weighted by Gasteiger charge is -2.17. The number of amides is 3. The van der Waals surface area contributed by atoms with Crippen LogP contribution in [0.1, 0.15) is 32.6 Å². The summed E-state index contributed by atoms with van der Waals surface area (Å²) in [6, 6.07) is 9.00. The van der Waals surface area contributed by atoms with E-state index in [-0.39, 0.29) is 12.3 Å². The first-order valence-corrected chi connectivity index (χ1v) is 14.0. The summed E-state index contributed by atoms with van der Waals surface area (Å²) in [6.07, 6.45) is 0.862. The molecule has 0 saturated heterocycles. The maximum Gasteiger partial charge on any atom is 0.325 e. The monoisotopic (exact) mass is 491 g/mol. The fraction of sp³-hybridized carbons (Fsp3) is 0.526. The van der Waals surface area contributed by atoms with Crippen molar-refractivity contribution in [2.45, 2.75) is 43.5 Å². The van der Waals surface area contributed by atoms with E-state index in [2.05, 4.69) is 16.0 Å². The van der Waals surface area contributed by atoms with Gasteiger partial charge < -0.3 is 25.7 Å². The number of unbranched alkanes of at least 4 members (excludes halogenated alkanes) is 1. The van der Waals surface area contributed by atoms with Crippen molar-refractivity contribution < 1.29 is 28.7 Å². The number of nitrogens with one attached hydrogen (secondary N) is 3. The third kappa shape index (κ3) is 15.0. The Hall–Kier alpha value is -1.52. The zero-order valence-corrected chi connectivity index (χ0v) is 19.9. The van der Waals surface area contributed by atoms with E-state index >= 15 is 0 Å². The number of carbonyl (C=O) groups is 3. The molecule has 12 heteroatoms. The average molecular weight is 492 g/mol. The minimum atomic E-state index is -4.26. The van der Waals surface area contributed by atoms with Crippen molar-refractivity contribution in [3.63, 3.8) is 0 Å². The molecule has 1 rings (SSSR count). The topological polar surface area (TPSA) is 145 Å². The number of hydrogen-bond acceptors (Lipinski definition) is 6. The molecule has 31 heavy (non-hydrogen) atoms. The van der Waals surface area contributed by atoms with E-state index in [1.54, 1.807) is 21.6 Å². The average Bonchev–Trinajstić information content (AvgIpc) is 2.70. The predicted molar refractivity (Wildman–Crippen MR) is 124 cm³/mol. The van der Waals surface area contributed by atoms with Crippen LogP contribution < -0.4 is 16.0 Å². The molecule has 0 radical (unpaired) electrons. The summed E-state index contributed by atoms with van der Waals surface area (Å²) < 4.78 is 11.0. The van der Waals surface area contributed by atoms with E-state index < -0.39 is 31.6 Å². The summed E-state index contributed by atoms with van der Waals surface area (Å²) >= 11 is 0. The molecule has 0 aliphatic heterocycles. The molecule has 1 aromatic rings. The van der Waals surface area contributed by atoms with Gasteiger partial charge in [0.15, 0.2) is 0 Å². The van der Waals surface area contributed by atoms with Crippen molar-refractivity contribution in [2.24, 2.45) is 0 Å². The van der Waals surface area contributed by atoms with Gasteiger partial charge in [0.1, 0.15) is 6.04 Å². The van der Waals surface area contributed by atoms with Gasteiger partial charge in [0, 0.05) is 37.1 Å². The largest absolute Gasteiger partial charge is 0.355 e. The molecule has 0 aliphatic carbocycles. The van der Waals surface area contributed by atoms with Crippen LogP contribution in [-0.2, 0) is 18.9 Å². The van der Waals surface area contributed by atoms with Crippen LogP contribution in [0, 0.1) is 0 Å². The summed E-state index contributed by atoms with van der Waals surface area (Å²) in [6.45, 7) is 2.12. The molecule has 0 fully saturated rings. The van der Waals surface area contributed by atoms with Crippen molar-refractivity contribution in [1.29, 1.82) is 0 Å². The highest BCUT2D eigenvalue weighted by atomic mass is 33.1. The molecule has 3 amide bonds. The molecule has 0 bridgehead atoms. The third-order valence-corrected chi connectivity index (χ3v) is 7.16. The lowest BCUT2D eigenvalue weighted by atomic mass is 10.2. The van der Waals surface area contributed by atoms with Gasteiger partial charge in [-0.1, -0.05) is 39.8 Å². The molecular formula is C19H30N3O6PS2. The maximum atomic E-state index is 12.1. The van der Waals surface area contributed by atoms with Crippen LogP contribution >= 0.6 is 29.2 Å². The normalized spacial score (nSPS) is 12.1. The summed E-state index contributed by atoms with van der Waals surface area (Å²) in [5.41, 5.74) is 0. The smallest absolute Gasteiger partial charge is 0.325 e. The Balaban J connectivity index is 2.12. The van der Waals surface area contributed by atoms with Crippen molar-refractivity contribution in [2.75, 3.05) is 25.0 Å². The van der Waals surface area contributed by atoms with E-state index in [4.69, 9.17) is 9.79 Å². The first-order chi connectivity index (χ1) is 14.7. The van der Waals surface area contributed by atoms with Crippen LogP contribution in [0.3, 0.4) is 0 Å². The second-order valence-corrected chi connectivity index (χ2v) is 11.0. The van der Waals surface area contributed by atoms with Crippen LogP contribution in [0.25, 0.3) is 0 Å². The second kappa shape index (κ2) is 15.3. The van der Waals surface area contributed by atoms with E-state index in [1.807, 2.05) is 30.3 Å². The minimum absolute atomic E-state index is 0.0468. The number of benzene rings is 1. The van der Waals surface area contributed by atoms with Crippen LogP contribution in [0.15, 0.2) is 35.2 Å². The van der Waals surface area contributed by atoms with Crippen LogP contribution in [0.5, 0.6) is 0 Å². The standard InChI is InChI=1S/C19H30N3O6PS2/c1-15(23)22-17(10-13-29(26,27)28)19(25)21-11-6-5-9-18(24)20-12-14-30-31-16-7-3-2-4-8-16/h2-4,7-8,17H,5-6,9-14H2,1H3,(H,20,24)(H,21,25)(H,22,23)(H2,26,27,28). The minimum Gasteiger partial charge on any atom is -0.355 e. The highest BCUT2D eigenvalue weighted by Gasteiger charge is 2.23. The van der Waals surface area contributed by atoms with Gasteiger partial charge in [-0.15, -0.1) is 0 Å². The molecule has 0 heterocycles. The molecule has 174 valence electrons. The van der Waals surface area contributed by atoms with Gasteiger partial charge >= 0.3 is 7.60 Å². The third-order valence-electron chi connectivity index (χ3n) is 3.94. The lowest BCUT2D eigenvalue weighted by Crippen LogP contribution is -2.46. The fourth-order valence-corrected chi connectivity index (χ4v) is 4.97. The van der Waals surface area contributed by atoms with E-state index in [9.17, 15) is 18.9 Å². The summed E-state index contributed by atoms with van der Waals surface area (Å²) in [7, 11) is -0.922. The van der Waals surface area contributed by atoms with Gasteiger partial charge in [0.2, 0.25) is 17.7 Å². The van der Waals surface area contributed by atoms with Gasteiger partial charge in [-0.05, 0) is 31.4 Å². The molecule has 1 atom stereocenters. The van der Waals surface area contributed by atoms with E-state index in [0.717, 1.165) is 5.75 Å². The quantitative estimate of drug-likeness (QED) is 0.142. The van der Waals surface area contributed by atoms with Crippen LogP contribution in [0.2, 0.25) is 0 Å². The highest BCUT2D eigenvalue weighted by Crippen LogP contribution is 2.35. The summed E-state index contributed by atoms with van der Waals surface area (Å²) in [4.78, 5) is 54.3. The van der Waals surface area contributed by atoms with E-state index in [0.29, 0.717) is 32.4 Å². The Morgan fingerprint density at radius 1 is 1.06 bits per heavy atom. The van der Waals surface area contributed by atoms with Crippen molar-refractivity contribution in [1.82, 2.24) is 16.0 Å². The van der Waals surface area contributed by atoms with Crippen molar-refractivity contribution in [3.05, 3.63) is 30.3 Å². The maximum absolute atomic E-state index is 12.1. The van der Waals surface area contributed by atoms with Gasteiger partial charge in [0.25, 0.3) is 0 Å². The molecule has 5 N–H and O–H groups in total. The lowest BCUT2D eigenvalue weighted by molar-refractivity contribution is -0.128. The molecule has 0 spiro atoms. The van der Waals surface area contributed by atoms with Crippen LogP contribution in [-0.4, -0.2) is 58.6 Å². The number of rotatable bonds is 15. The Morgan fingerprint density at radius 2 is 1.77 bits per heavy atom. The zero-order chi connectivity index (χ0) is 23.1. The Kier molecular flexibility index (Phi) is 13.6. The molecule has 0 aliphatic rings. The molecule has 1 aromatic carbocycles. The van der Waals surface area contributed by atoms with Gasteiger partial charge in [-0.25, -0.2) is 0 Å². The zero-order valence-electron chi connectivity index (χ0n) is 17.4. The fourth-order valence-electron chi connectivity index (χ4n) is 2.46. The molecule has 9 nitrogen and oxygen atoms in total. The predicted octanol–water partition coefficient (Wildman–Crippen LogP) is 1.90. The van der Waals surface area contributed by atoms with E-state index in [1.165, 1.54) is 11.8 Å². The highest BCUT2D eigenvalue weighted by molar-refractivity contribution is 8.76. The molecule has 1 unspecified atom stereocenters. The summed E-state index contributed by atoms with van der Waals surface area (Å²) in [5, 5.41) is 7.88. The SMILES string of the molecule is CC(=O)NC(CCP(=O)(O)O)C(=O)NCCCCC(=O)NCCSSc1ccccc1. The second-order valence-electron chi connectivity index (χ2n) is 6.75. The Bertz CT molecular complexity index is 747. The molecule has 0 aromatic heterocycles. The van der Waals surface area contributed by atoms with Gasteiger partial charge in [-0.3, -0.25) is 18.9 Å². The van der Waals surface area contributed by atoms with Gasteiger partial charge in [-0.2, -0.15) is 0 Å². The molecule has 0 saturated carbocycles. The van der Waals surface area contributed by atoms with Gasteiger partial charge in [0.05, 0.1) is 6.16 Å². The number of hydrogen-bond donors (Lipinski definition) is 5. The van der Waals surface area contributed by atoms with Crippen molar-refractivity contribution in [3.8, 4) is 0 Å². The van der Waals surface area contributed by atoms with Crippen LogP contribution in [0.4, 0.5) is 0 Å². The first-order valence-electron chi connectivity index (χ1n) is 9.88. The van der Waals surface area contributed by atoms with Crippen molar-refractivity contribution >= 4 is 46.9 Å². The first kappa shape index (κ1) is 27.5. The summed E-state index contributed by atoms with van der Waals surface area (Å²) in [5.74, 6) is -0.209.